The molecule has 5 heteroatoms. The Labute approximate surface area is 145 Å². The van der Waals surface area contributed by atoms with Crippen LogP contribution in [0.25, 0.3) is 0 Å². The Bertz CT molecular complexity index is 494. The number of rotatable bonds is 8. The first-order valence-electron chi connectivity index (χ1n) is 8.91. The number of carbonyl (C=O) groups is 1. The van der Waals surface area contributed by atoms with Crippen molar-refractivity contribution >= 4 is 5.91 Å². The molecule has 1 amide bonds. The van der Waals surface area contributed by atoms with E-state index >= 15 is 0 Å². The maximum Gasteiger partial charge on any atom is 0.234 e. The second kappa shape index (κ2) is 9.64. The summed E-state index contributed by atoms with van der Waals surface area (Å²) in [7, 11) is 0. The molecule has 24 heavy (non-hydrogen) atoms. The van der Waals surface area contributed by atoms with Crippen LogP contribution in [0.5, 0.6) is 5.75 Å². The number of benzene rings is 1. The number of carbonyl (C=O) groups excluding carboxylic acids is 1. The predicted octanol–water partition coefficient (Wildman–Crippen LogP) is 2.01. The maximum atomic E-state index is 11.9. The molecular formula is C19H30N2O3. The smallest absolute Gasteiger partial charge is 0.234 e. The molecule has 0 radical (unpaired) electrons. The number of aliphatic hydroxyl groups excluding tert-OH is 1. The molecule has 0 unspecified atom stereocenters. The van der Waals surface area contributed by atoms with Gasteiger partial charge in [0.1, 0.15) is 12.4 Å². The molecule has 0 spiro atoms. The van der Waals surface area contributed by atoms with Crippen LogP contribution in [-0.2, 0) is 4.79 Å². The van der Waals surface area contributed by atoms with Crippen molar-refractivity contribution in [1.29, 1.82) is 0 Å². The van der Waals surface area contributed by atoms with Crippen molar-refractivity contribution in [2.75, 3.05) is 39.4 Å². The zero-order chi connectivity index (χ0) is 17.4. The Morgan fingerprint density at radius 2 is 1.96 bits per heavy atom. The number of piperidine rings is 1. The first-order valence-corrected chi connectivity index (χ1v) is 8.91. The summed E-state index contributed by atoms with van der Waals surface area (Å²) in [6.45, 7) is 7.78. The second-order valence-corrected chi connectivity index (χ2v) is 6.82. The molecule has 2 rings (SSSR count). The summed E-state index contributed by atoms with van der Waals surface area (Å²) >= 11 is 0. The maximum absolute atomic E-state index is 11.9. The summed E-state index contributed by atoms with van der Waals surface area (Å²) < 4.78 is 5.65. The lowest BCUT2D eigenvalue weighted by Crippen LogP contribution is -2.42. The molecule has 0 bridgehead atoms. The van der Waals surface area contributed by atoms with Crippen LogP contribution in [0.3, 0.4) is 0 Å². The molecule has 0 aliphatic carbocycles. The van der Waals surface area contributed by atoms with E-state index in [9.17, 15) is 4.79 Å². The highest BCUT2D eigenvalue weighted by Gasteiger charge is 2.19. The zero-order valence-corrected chi connectivity index (χ0v) is 14.8. The van der Waals surface area contributed by atoms with Crippen LogP contribution in [0.2, 0.25) is 0 Å². The van der Waals surface area contributed by atoms with Crippen molar-refractivity contribution in [3.05, 3.63) is 29.8 Å². The van der Waals surface area contributed by atoms with Crippen LogP contribution in [0.1, 0.15) is 38.2 Å². The van der Waals surface area contributed by atoms with Crippen LogP contribution in [-0.4, -0.2) is 55.3 Å². The number of nitrogens with zero attached hydrogens (tertiary/aromatic N) is 1. The molecule has 1 aromatic carbocycles. The Balaban J connectivity index is 1.59. The lowest BCUT2D eigenvalue weighted by molar-refractivity contribution is -0.122. The molecule has 1 saturated heterocycles. The minimum absolute atomic E-state index is 0.0382. The summed E-state index contributed by atoms with van der Waals surface area (Å²) in [5, 5.41) is 12.0. The molecule has 1 aromatic rings. The summed E-state index contributed by atoms with van der Waals surface area (Å²) in [5.41, 5.74) is 1.29. The van der Waals surface area contributed by atoms with Gasteiger partial charge in [0, 0.05) is 6.61 Å². The third-order valence-electron chi connectivity index (χ3n) is 4.57. The molecular weight excluding hydrogens is 304 g/mol. The van der Waals surface area contributed by atoms with Crippen LogP contribution in [0.15, 0.2) is 24.3 Å². The number of likely N-dealkylation sites (tertiary alicyclic amines) is 1. The summed E-state index contributed by atoms with van der Waals surface area (Å²) in [4.78, 5) is 14.1. The van der Waals surface area contributed by atoms with Gasteiger partial charge in [-0.3, -0.25) is 9.69 Å². The number of hydrogen-bond acceptors (Lipinski definition) is 4. The van der Waals surface area contributed by atoms with Crippen LogP contribution < -0.4 is 10.1 Å². The minimum Gasteiger partial charge on any atom is -0.492 e. The third-order valence-corrected chi connectivity index (χ3v) is 4.57. The standard InChI is InChI=1S/C19H30N2O3/c1-15(2)17-3-5-18(6-4-17)24-12-9-20-19(23)13-21-10-7-16(14-22)8-11-21/h3-6,15-16,22H,7-14H2,1-2H3,(H,20,23). The predicted molar refractivity (Wildman–Crippen MR) is 95.3 cm³/mol. The highest BCUT2D eigenvalue weighted by molar-refractivity contribution is 5.78. The Morgan fingerprint density at radius 1 is 1.29 bits per heavy atom. The van der Waals surface area contributed by atoms with Crippen molar-refractivity contribution in [3.8, 4) is 5.75 Å². The van der Waals surface area contributed by atoms with Gasteiger partial charge in [-0.1, -0.05) is 26.0 Å². The summed E-state index contributed by atoms with van der Waals surface area (Å²) in [6, 6.07) is 8.11. The SMILES string of the molecule is CC(C)c1ccc(OCCNC(=O)CN2CCC(CO)CC2)cc1. The first-order chi connectivity index (χ1) is 11.6. The van der Waals surface area contributed by atoms with Crippen molar-refractivity contribution in [2.24, 2.45) is 5.92 Å². The largest absolute Gasteiger partial charge is 0.492 e. The summed E-state index contributed by atoms with van der Waals surface area (Å²) in [5.74, 6) is 1.79. The topological polar surface area (TPSA) is 61.8 Å². The Morgan fingerprint density at radius 3 is 2.54 bits per heavy atom. The molecule has 0 atom stereocenters. The van der Waals surface area contributed by atoms with E-state index in [-0.39, 0.29) is 12.5 Å². The first kappa shape index (κ1) is 18.7. The normalized spacial score (nSPS) is 16.3. The van der Waals surface area contributed by atoms with Gasteiger partial charge in [0.15, 0.2) is 0 Å². The number of amides is 1. The van der Waals surface area contributed by atoms with Gasteiger partial charge in [-0.05, 0) is 55.5 Å². The van der Waals surface area contributed by atoms with Crippen molar-refractivity contribution in [2.45, 2.75) is 32.6 Å². The molecule has 1 aliphatic rings. The van der Waals surface area contributed by atoms with Gasteiger partial charge in [0.05, 0.1) is 13.1 Å². The quantitative estimate of drug-likeness (QED) is 0.714. The van der Waals surface area contributed by atoms with Gasteiger partial charge in [0.25, 0.3) is 0 Å². The monoisotopic (exact) mass is 334 g/mol. The highest BCUT2D eigenvalue weighted by Crippen LogP contribution is 2.18. The molecule has 1 aliphatic heterocycles. The molecule has 0 saturated carbocycles. The lowest BCUT2D eigenvalue weighted by atomic mass is 9.98. The van der Waals surface area contributed by atoms with Gasteiger partial charge in [-0.2, -0.15) is 0 Å². The van der Waals surface area contributed by atoms with Crippen molar-refractivity contribution < 1.29 is 14.6 Å². The van der Waals surface area contributed by atoms with Gasteiger partial charge < -0.3 is 15.2 Å². The Hall–Kier alpha value is -1.59. The third kappa shape index (κ3) is 6.13. The van der Waals surface area contributed by atoms with E-state index < -0.39 is 0 Å². The molecule has 0 aromatic heterocycles. The average Bonchev–Trinajstić information content (AvgIpc) is 2.60. The van der Waals surface area contributed by atoms with E-state index in [1.807, 2.05) is 12.1 Å². The molecule has 1 fully saturated rings. The number of aliphatic hydroxyl groups is 1. The van der Waals surface area contributed by atoms with E-state index in [1.165, 1.54) is 5.56 Å². The fourth-order valence-corrected chi connectivity index (χ4v) is 2.89. The van der Waals surface area contributed by atoms with Crippen LogP contribution >= 0.6 is 0 Å². The Kier molecular flexibility index (Phi) is 7.53. The fourth-order valence-electron chi connectivity index (χ4n) is 2.89. The van der Waals surface area contributed by atoms with E-state index in [0.717, 1.165) is 31.7 Å². The van der Waals surface area contributed by atoms with Gasteiger partial charge in [-0.25, -0.2) is 0 Å². The van der Waals surface area contributed by atoms with Gasteiger partial charge in [0.2, 0.25) is 5.91 Å². The minimum atomic E-state index is 0.0382. The molecule has 5 nitrogen and oxygen atoms in total. The van der Waals surface area contributed by atoms with E-state index in [2.05, 4.69) is 36.2 Å². The van der Waals surface area contributed by atoms with Crippen molar-refractivity contribution in [1.82, 2.24) is 10.2 Å². The highest BCUT2D eigenvalue weighted by atomic mass is 16.5. The van der Waals surface area contributed by atoms with Crippen LogP contribution in [0, 0.1) is 5.92 Å². The number of hydrogen-bond donors (Lipinski definition) is 2. The van der Waals surface area contributed by atoms with E-state index in [1.54, 1.807) is 0 Å². The van der Waals surface area contributed by atoms with Gasteiger partial charge in [-0.15, -0.1) is 0 Å². The number of ether oxygens (including phenoxy) is 1. The molecule has 134 valence electrons. The fraction of sp³-hybridized carbons (Fsp3) is 0.632. The van der Waals surface area contributed by atoms with Crippen LogP contribution in [0.4, 0.5) is 0 Å². The van der Waals surface area contributed by atoms with Gasteiger partial charge >= 0.3 is 0 Å². The molecule has 2 N–H and O–H groups in total. The van der Waals surface area contributed by atoms with Crippen molar-refractivity contribution in [3.63, 3.8) is 0 Å². The summed E-state index contributed by atoms with van der Waals surface area (Å²) in [6.07, 6.45) is 1.94. The number of nitrogens with one attached hydrogen (secondary N) is 1. The van der Waals surface area contributed by atoms with E-state index in [0.29, 0.717) is 31.5 Å². The van der Waals surface area contributed by atoms with E-state index in [4.69, 9.17) is 9.84 Å². The lowest BCUT2D eigenvalue weighted by Gasteiger charge is -2.30. The second-order valence-electron chi connectivity index (χ2n) is 6.82. The zero-order valence-electron chi connectivity index (χ0n) is 14.8. The molecule has 1 heterocycles. The average molecular weight is 334 g/mol.